The summed E-state index contributed by atoms with van der Waals surface area (Å²) in [5.41, 5.74) is 0.389. The number of amides is 3. The predicted molar refractivity (Wildman–Crippen MR) is 118 cm³/mol. The highest BCUT2D eigenvalue weighted by Crippen LogP contribution is 2.20. The number of hydrogen-bond donors (Lipinski definition) is 2. The Morgan fingerprint density at radius 3 is 2.55 bits per heavy atom. The maximum atomic E-state index is 12.7. The van der Waals surface area contributed by atoms with Crippen LogP contribution in [0.1, 0.15) is 50.4 Å². The average Bonchev–Trinajstić information content (AvgIpc) is 3.05. The fourth-order valence-electron chi connectivity index (χ4n) is 3.34. The number of hydrogen-bond acceptors (Lipinski definition) is 6. The standard InChI is InChI=1S/C21H31N3O6S/c1-4-5-11-24(16-10-12-31(28,29)14-16)19(25)13-30-20(26)17-8-6-7-9-18(17)23-21(27)22-15(2)3/h6-9,15-16H,4-5,10-14H2,1-3H3,(H2,22,23,27). The van der Waals surface area contributed by atoms with Gasteiger partial charge < -0.3 is 20.3 Å². The van der Waals surface area contributed by atoms with Crippen LogP contribution in [0, 0.1) is 0 Å². The molecule has 9 nitrogen and oxygen atoms in total. The number of para-hydroxylation sites is 1. The first-order valence-corrected chi connectivity index (χ1v) is 12.3. The molecule has 1 aliphatic heterocycles. The maximum absolute atomic E-state index is 12.7. The van der Waals surface area contributed by atoms with Crippen molar-refractivity contribution in [2.75, 3.05) is 30.0 Å². The summed E-state index contributed by atoms with van der Waals surface area (Å²) in [6, 6.07) is 5.42. The smallest absolute Gasteiger partial charge is 0.340 e. The van der Waals surface area contributed by atoms with E-state index in [1.54, 1.807) is 18.2 Å². The molecule has 0 aliphatic carbocycles. The number of carbonyl (C=O) groups is 3. The minimum atomic E-state index is -3.15. The highest BCUT2D eigenvalue weighted by atomic mass is 32.2. The summed E-state index contributed by atoms with van der Waals surface area (Å²) in [4.78, 5) is 38.8. The topological polar surface area (TPSA) is 122 Å². The van der Waals surface area contributed by atoms with E-state index in [-0.39, 0.29) is 28.8 Å². The van der Waals surface area contributed by atoms with Crippen LogP contribution < -0.4 is 10.6 Å². The van der Waals surface area contributed by atoms with Crippen molar-refractivity contribution < 1.29 is 27.5 Å². The molecule has 2 rings (SSSR count). The quantitative estimate of drug-likeness (QED) is 0.553. The first-order chi connectivity index (χ1) is 14.6. The van der Waals surface area contributed by atoms with Gasteiger partial charge in [-0.15, -0.1) is 0 Å². The van der Waals surface area contributed by atoms with Crippen LogP contribution in [0.2, 0.25) is 0 Å². The predicted octanol–water partition coefficient (Wildman–Crippen LogP) is 2.19. The van der Waals surface area contributed by atoms with E-state index in [2.05, 4.69) is 10.6 Å². The molecule has 1 saturated heterocycles. The van der Waals surface area contributed by atoms with Crippen molar-refractivity contribution >= 4 is 33.4 Å². The molecule has 0 bridgehead atoms. The Morgan fingerprint density at radius 1 is 1.23 bits per heavy atom. The van der Waals surface area contributed by atoms with E-state index < -0.39 is 40.4 Å². The van der Waals surface area contributed by atoms with Crippen LogP contribution in [0.4, 0.5) is 10.5 Å². The van der Waals surface area contributed by atoms with Gasteiger partial charge in [-0.25, -0.2) is 18.0 Å². The monoisotopic (exact) mass is 453 g/mol. The Labute approximate surface area is 183 Å². The number of unbranched alkanes of at least 4 members (excludes halogenated alkanes) is 1. The number of sulfone groups is 1. The maximum Gasteiger partial charge on any atom is 0.340 e. The van der Waals surface area contributed by atoms with Crippen molar-refractivity contribution in [1.29, 1.82) is 0 Å². The number of benzene rings is 1. The summed E-state index contributed by atoms with van der Waals surface area (Å²) in [5.74, 6) is -1.17. The molecule has 0 saturated carbocycles. The molecule has 0 aromatic heterocycles. The lowest BCUT2D eigenvalue weighted by Gasteiger charge is -2.28. The zero-order valence-electron chi connectivity index (χ0n) is 18.2. The van der Waals surface area contributed by atoms with Crippen LogP contribution in [-0.4, -0.2) is 68.0 Å². The Bertz CT molecular complexity index is 900. The third-order valence-electron chi connectivity index (χ3n) is 4.86. The second kappa shape index (κ2) is 11.1. The van der Waals surface area contributed by atoms with E-state index in [1.807, 2.05) is 20.8 Å². The van der Waals surface area contributed by atoms with Gasteiger partial charge in [0.1, 0.15) is 0 Å². The van der Waals surface area contributed by atoms with Crippen molar-refractivity contribution in [3.05, 3.63) is 29.8 Å². The number of nitrogens with one attached hydrogen (secondary N) is 2. The molecule has 1 fully saturated rings. The van der Waals surface area contributed by atoms with Gasteiger partial charge in [0.2, 0.25) is 0 Å². The third kappa shape index (κ3) is 7.54. The minimum absolute atomic E-state index is 0.0604. The van der Waals surface area contributed by atoms with Gasteiger partial charge >= 0.3 is 12.0 Å². The Morgan fingerprint density at radius 2 is 1.94 bits per heavy atom. The number of carbonyl (C=O) groups excluding carboxylic acids is 3. The minimum Gasteiger partial charge on any atom is -0.452 e. The number of esters is 1. The van der Waals surface area contributed by atoms with Gasteiger partial charge in [-0.2, -0.15) is 0 Å². The van der Waals surface area contributed by atoms with Crippen molar-refractivity contribution in [2.24, 2.45) is 0 Å². The van der Waals surface area contributed by atoms with Gasteiger partial charge in [0.15, 0.2) is 16.4 Å². The first kappa shape index (κ1) is 24.6. The molecule has 1 aromatic rings. The van der Waals surface area contributed by atoms with E-state index >= 15 is 0 Å². The molecule has 0 spiro atoms. The third-order valence-corrected chi connectivity index (χ3v) is 6.61. The van der Waals surface area contributed by atoms with Gasteiger partial charge in [0, 0.05) is 18.6 Å². The van der Waals surface area contributed by atoms with Crippen molar-refractivity contribution in [3.8, 4) is 0 Å². The summed E-state index contributed by atoms with van der Waals surface area (Å²) < 4.78 is 28.9. The fraction of sp³-hybridized carbons (Fsp3) is 0.571. The van der Waals surface area contributed by atoms with Crippen LogP contribution in [-0.2, 0) is 19.4 Å². The number of urea groups is 1. The van der Waals surface area contributed by atoms with Gasteiger partial charge in [0.25, 0.3) is 5.91 Å². The molecule has 172 valence electrons. The highest BCUT2D eigenvalue weighted by molar-refractivity contribution is 7.91. The first-order valence-electron chi connectivity index (χ1n) is 10.5. The molecule has 2 N–H and O–H groups in total. The molecular formula is C21H31N3O6S. The number of anilines is 1. The molecule has 31 heavy (non-hydrogen) atoms. The van der Waals surface area contributed by atoms with Gasteiger partial charge in [-0.05, 0) is 38.8 Å². The van der Waals surface area contributed by atoms with Gasteiger partial charge in [-0.1, -0.05) is 25.5 Å². The van der Waals surface area contributed by atoms with E-state index in [1.165, 1.54) is 11.0 Å². The molecule has 3 amide bonds. The second-order valence-corrected chi connectivity index (χ2v) is 10.1. The zero-order chi connectivity index (χ0) is 23.0. The molecule has 1 aromatic carbocycles. The Kier molecular flexibility index (Phi) is 8.85. The van der Waals surface area contributed by atoms with Gasteiger partial charge in [0.05, 0.1) is 22.8 Å². The lowest BCUT2D eigenvalue weighted by atomic mass is 10.2. The van der Waals surface area contributed by atoms with Crippen LogP contribution in [0.3, 0.4) is 0 Å². The zero-order valence-corrected chi connectivity index (χ0v) is 19.0. The summed E-state index contributed by atoms with van der Waals surface area (Å²) in [6.07, 6.45) is 1.97. The van der Waals surface area contributed by atoms with Crippen LogP contribution in [0.15, 0.2) is 24.3 Å². The molecule has 1 unspecified atom stereocenters. The van der Waals surface area contributed by atoms with Crippen LogP contribution in [0.25, 0.3) is 0 Å². The number of nitrogens with zero attached hydrogens (tertiary/aromatic N) is 1. The lowest BCUT2D eigenvalue weighted by Crippen LogP contribution is -2.44. The highest BCUT2D eigenvalue weighted by Gasteiger charge is 2.34. The normalized spacial score (nSPS) is 17.2. The summed E-state index contributed by atoms with van der Waals surface area (Å²) in [7, 11) is -3.15. The lowest BCUT2D eigenvalue weighted by molar-refractivity contribution is -0.136. The molecular weight excluding hydrogens is 422 g/mol. The number of rotatable bonds is 9. The molecule has 1 aliphatic rings. The van der Waals surface area contributed by atoms with Crippen LogP contribution >= 0.6 is 0 Å². The molecule has 1 atom stereocenters. The Balaban J connectivity index is 2.03. The van der Waals surface area contributed by atoms with E-state index in [4.69, 9.17) is 4.74 Å². The van der Waals surface area contributed by atoms with E-state index in [0.29, 0.717) is 13.0 Å². The summed E-state index contributed by atoms with van der Waals surface area (Å²) >= 11 is 0. The van der Waals surface area contributed by atoms with Crippen molar-refractivity contribution in [3.63, 3.8) is 0 Å². The average molecular weight is 454 g/mol. The van der Waals surface area contributed by atoms with E-state index in [0.717, 1.165) is 12.8 Å². The van der Waals surface area contributed by atoms with E-state index in [9.17, 15) is 22.8 Å². The van der Waals surface area contributed by atoms with Gasteiger partial charge in [-0.3, -0.25) is 4.79 Å². The molecule has 1 heterocycles. The molecule has 0 radical (unpaired) electrons. The second-order valence-electron chi connectivity index (χ2n) is 7.87. The van der Waals surface area contributed by atoms with Crippen LogP contribution in [0.5, 0.6) is 0 Å². The summed E-state index contributed by atoms with van der Waals surface area (Å²) in [6.45, 7) is 5.52. The SMILES string of the molecule is CCCCN(C(=O)COC(=O)c1ccccc1NC(=O)NC(C)C)C1CCS(=O)(=O)C1. The Hall–Kier alpha value is -2.62. The molecule has 10 heteroatoms. The summed E-state index contributed by atoms with van der Waals surface area (Å²) in [5, 5.41) is 5.27. The van der Waals surface area contributed by atoms with Crippen molar-refractivity contribution in [2.45, 2.75) is 52.1 Å². The largest absolute Gasteiger partial charge is 0.452 e. The number of ether oxygens (including phenoxy) is 1. The van der Waals surface area contributed by atoms with Crippen molar-refractivity contribution in [1.82, 2.24) is 10.2 Å². The fourth-order valence-corrected chi connectivity index (χ4v) is 5.07.